The molecule has 5 heteroatoms. The third-order valence-corrected chi connectivity index (χ3v) is 3.94. The smallest absolute Gasteiger partial charge is 0.358 e. The molecule has 1 aromatic heterocycles. The topological polar surface area (TPSA) is 66.3 Å². The van der Waals surface area contributed by atoms with Crippen LogP contribution in [0.2, 0.25) is 0 Å². The molecule has 1 aliphatic heterocycles. The van der Waals surface area contributed by atoms with Gasteiger partial charge in [0.05, 0.1) is 11.2 Å². The van der Waals surface area contributed by atoms with E-state index in [0.717, 1.165) is 42.5 Å². The second kappa shape index (κ2) is 5.07. The predicted octanol–water partition coefficient (Wildman–Crippen LogP) is 2.56. The Kier molecular flexibility index (Phi) is 3.26. The quantitative estimate of drug-likeness (QED) is 0.909. The first kappa shape index (κ1) is 12.8. The molecule has 1 aromatic carbocycles. The fourth-order valence-electron chi connectivity index (χ4n) is 2.74. The van der Waals surface area contributed by atoms with Crippen molar-refractivity contribution in [3.63, 3.8) is 0 Å². The van der Waals surface area contributed by atoms with E-state index in [9.17, 15) is 9.90 Å². The Morgan fingerprint density at radius 1 is 1.25 bits per heavy atom. The van der Waals surface area contributed by atoms with Crippen LogP contribution in [-0.4, -0.2) is 34.4 Å². The highest BCUT2D eigenvalue weighted by atomic mass is 16.4. The summed E-state index contributed by atoms with van der Waals surface area (Å²) < 4.78 is 0. The van der Waals surface area contributed by atoms with E-state index in [0.29, 0.717) is 5.92 Å². The lowest BCUT2D eigenvalue weighted by molar-refractivity contribution is 0.0690. The summed E-state index contributed by atoms with van der Waals surface area (Å²) in [5.74, 6) is -0.322. The Labute approximate surface area is 117 Å². The maximum atomic E-state index is 11.4. The molecule has 2 heterocycles. The van der Waals surface area contributed by atoms with E-state index in [1.807, 2.05) is 24.3 Å². The Morgan fingerprint density at radius 3 is 2.65 bits per heavy atom. The van der Waals surface area contributed by atoms with E-state index in [4.69, 9.17) is 0 Å². The summed E-state index contributed by atoms with van der Waals surface area (Å²) >= 11 is 0. The summed E-state index contributed by atoms with van der Waals surface area (Å²) in [6.07, 6.45) is 2.16. The van der Waals surface area contributed by atoms with Gasteiger partial charge in [-0.15, -0.1) is 10.2 Å². The van der Waals surface area contributed by atoms with Crippen LogP contribution in [0, 0.1) is 5.92 Å². The van der Waals surface area contributed by atoms with Crippen LogP contribution >= 0.6 is 0 Å². The first-order chi connectivity index (χ1) is 9.66. The van der Waals surface area contributed by atoms with Gasteiger partial charge < -0.3 is 10.0 Å². The van der Waals surface area contributed by atoms with E-state index < -0.39 is 5.97 Å². The van der Waals surface area contributed by atoms with Crippen molar-refractivity contribution in [3.05, 3.63) is 30.0 Å². The molecule has 104 valence electrons. The highest BCUT2D eigenvalue weighted by molar-refractivity contribution is 6.02. The molecule has 0 aliphatic carbocycles. The Morgan fingerprint density at radius 2 is 1.95 bits per heavy atom. The maximum Gasteiger partial charge on any atom is 0.358 e. The van der Waals surface area contributed by atoms with Gasteiger partial charge in [-0.05, 0) is 24.8 Å². The average molecular weight is 271 g/mol. The SMILES string of the molecule is CC1CCN(c2c(C(=O)O)nnc3ccccc23)CC1. The third kappa shape index (κ3) is 2.19. The maximum absolute atomic E-state index is 11.4. The highest BCUT2D eigenvalue weighted by Gasteiger charge is 2.24. The fraction of sp³-hybridized carbons (Fsp3) is 0.400. The zero-order chi connectivity index (χ0) is 14.1. The van der Waals surface area contributed by atoms with Crippen molar-refractivity contribution in [1.29, 1.82) is 0 Å². The third-order valence-electron chi connectivity index (χ3n) is 3.94. The van der Waals surface area contributed by atoms with Crippen LogP contribution in [0.3, 0.4) is 0 Å². The molecule has 20 heavy (non-hydrogen) atoms. The van der Waals surface area contributed by atoms with Gasteiger partial charge in [0.2, 0.25) is 0 Å². The van der Waals surface area contributed by atoms with Gasteiger partial charge in [0.1, 0.15) is 0 Å². The molecule has 1 N–H and O–H groups in total. The Hall–Kier alpha value is -2.17. The first-order valence-electron chi connectivity index (χ1n) is 6.90. The minimum absolute atomic E-state index is 0.0539. The molecule has 1 saturated heterocycles. The summed E-state index contributed by atoms with van der Waals surface area (Å²) in [5.41, 5.74) is 1.51. The number of anilines is 1. The molecule has 2 aromatic rings. The van der Waals surface area contributed by atoms with E-state index in [1.54, 1.807) is 0 Å². The molecule has 0 bridgehead atoms. The number of hydrogen-bond acceptors (Lipinski definition) is 4. The lowest BCUT2D eigenvalue weighted by Crippen LogP contribution is -2.34. The summed E-state index contributed by atoms with van der Waals surface area (Å²) in [4.78, 5) is 13.6. The van der Waals surface area contributed by atoms with Crippen molar-refractivity contribution in [3.8, 4) is 0 Å². The van der Waals surface area contributed by atoms with Crippen LogP contribution < -0.4 is 4.90 Å². The fourth-order valence-corrected chi connectivity index (χ4v) is 2.74. The molecule has 1 aliphatic rings. The van der Waals surface area contributed by atoms with Crippen LogP contribution in [0.5, 0.6) is 0 Å². The zero-order valence-electron chi connectivity index (χ0n) is 11.4. The molecule has 0 atom stereocenters. The number of carboxylic acid groups (broad SMARTS) is 1. The number of rotatable bonds is 2. The normalized spacial score (nSPS) is 16.6. The standard InChI is InChI=1S/C15H17N3O2/c1-10-6-8-18(9-7-10)14-11-4-2-3-5-12(11)16-17-13(14)15(19)20/h2-5,10H,6-9H2,1H3,(H,19,20). The van der Waals surface area contributed by atoms with E-state index >= 15 is 0 Å². The molecule has 0 spiro atoms. The number of aromatic nitrogens is 2. The van der Waals surface area contributed by atoms with Crippen LogP contribution in [0.1, 0.15) is 30.3 Å². The number of carboxylic acids is 1. The Bertz CT molecular complexity index is 649. The van der Waals surface area contributed by atoms with Crippen LogP contribution in [0.25, 0.3) is 10.9 Å². The second-order valence-electron chi connectivity index (χ2n) is 5.39. The lowest BCUT2D eigenvalue weighted by atomic mass is 9.98. The van der Waals surface area contributed by atoms with Crippen LogP contribution in [-0.2, 0) is 0 Å². The van der Waals surface area contributed by atoms with Crippen LogP contribution in [0.15, 0.2) is 24.3 Å². The predicted molar refractivity (Wildman–Crippen MR) is 77.1 cm³/mol. The molecule has 0 amide bonds. The molecule has 3 rings (SSSR count). The highest BCUT2D eigenvalue weighted by Crippen LogP contribution is 2.31. The lowest BCUT2D eigenvalue weighted by Gasteiger charge is -2.33. The van der Waals surface area contributed by atoms with Gasteiger partial charge in [0, 0.05) is 18.5 Å². The minimum Gasteiger partial charge on any atom is -0.476 e. The number of hydrogen-bond donors (Lipinski definition) is 1. The molecule has 0 radical (unpaired) electrons. The van der Waals surface area contributed by atoms with Gasteiger partial charge in [-0.3, -0.25) is 0 Å². The van der Waals surface area contributed by atoms with E-state index in [-0.39, 0.29) is 5.69 Å². The Balaban J connectivity index is 2.15. The van der Waals surface area contributed by atoms with Crippen molar-refractivity contribution < 1.29 is 9.90 Å². The molecule has 1 fully saturated rings. The number of nitrogens with zero attached hydrogens (tertiary/aromatic N) is 3. The molecule has 0 unspecified atom stereocenters. The van der Waals surface area contributed by atoms with Crippen molar-refractivity contribution in [2.24, 2.45) is 5.92 Å². The van der Waals surface area contributed by atoms with Crippen molar-refractivity contribution in [2.45, 2.75) is 19.8 Å². The molecular weight excluding hydrogens is 254 g/mol. The summed E-state index contributed by atoms with van der Waals surface area (Å²) in [7, 11) is 0. The van der Waals surface area contributed by atoms with Crippen LogP contribution in [0.4, 0.5) is 5.69 Å². The largest absolute Gasteiger partial charge is 0.476 e. The number of aromatic carboxylic acids is 1. The average Bonchev–Trinajstić information content (AvgIpc) is 2.47. The van der Waals surface area contributed by atoms with Crippen molar-refractivity contribution in [1.82, 2.24) is 10.2 Å². The number of piperidine rings is 1. The first-order valence-corrected chi connectivity index (χ1v) is 6.90. The van der Waals surface area contributed by atoms with Gasteiger partial charge in [0.25, 0.3) is 0 Å². The molecule has 0 saturated carbocycles. The summed E-state index contributed by atoms with van der Waals surface area (Å²) in [6, 6.07) is 7.58. The van der Waals surface area contributed by atoms with Gasteiger partial charge in [-0.1, -0.05) is 25.1 Å². The van der Waals surface area contributed by atoms with Gasteiger partial charge in [0.15, 0.2) is 5.69 Å². The van der Waals surface area contributed by atoms with Gasteiger partial charge >= 0.3 is 5.97 Å². The van der Waals surface area contributed by atoms with E-state index in [2.05, 4.69) is 22.0 Å². The molecular formula is C15H17N3O2. The van der Waals surface area contributed by atoms with Crippen molar-refractivity contribution in [2.75, 3.05) is 18.0 Å². The second-order valence-corrected chi connectivity index (χ2v) is 5.39. The zero-order valence-corrected chi connectivity index (χ0v) is 11.4. The number of benzene rings is 1. The number of carbonyl (C=O) groups is 1. The monoisotopic (exact) mass is 271 g/mol. The minimum atomic E-state index is -1.02. The number of fused-ring (bicyclic) bond motifs is 1. The van der Waals surface area contributed by atoms with Crippen molar-refractivity contribution >= 4 is 22.6 Å². The summed E-state index contributed by atoms with van der Waals surface area (Å²) in [6.45, 7) is 3.98. The van der Waals surface area contributed by atoms with Gasteiger partial charge in [-0.25, -0.2) is 4.79 Å². The summed E-state index contributed by atoms with van der Waals surface area (Å²) in [5, 5.41) is 18.2. The van der Waals surface area contributed by atoms with Gasteiger partial charge in [-0.2, -0.15) is 0 Å². The molecule has 5 nitrogen and oxygen atoms in total. The van der Waals surface area contributed by atoms with E-state index in [1.165, 1.54) is 0 Å².